The summed E-state index contributed by atoms with van der Waals surface area (Å²) >= 11 is 0. The van der Waals surface area contributed by atoms with Crippen LogP contribution in [-0.4, -0.2) is 4.98 Å². The number of benzene rings is 1. The molecule has 0 bridgehead atoms. The van der Waals surface area contributed by atoms with Crippen molar-refractivity contribution in [3.8, 4) is 11.3 Å². The summed E-state index contributed by atoms with van der Waals surface area (Å²) in [6, 6.07) is 9.44. The quantitative estimate of drug-likeness (QED) is 0.776. The van der Waals surface area contributed by atoms with Crippen LogP contribution in [0.5, 0.6) is 0 Å². The molecule has 0 aliphatic heterocycles. The zero-order valence-electron chi connectivity index (χ0n) is 9.79. The van der Waals surface area contributed by atoms with Gasteiger partial charge in [0, 0.05) is 23.5 Å². The Hall–Kier alpha value is -1.83. The summed E-state index contributed by atoms with van der Waals surface area (Å²) in [5, 5.41) is 0. The van der Waals surface area contributed by atoms with Crippen LogP contribution in [-0.2, 0) is 0 Å². The first-order chi connectivity index (χ1) is 7.56. The first kappa shape index (κ1) is 10.7. The van der Waals surface area contributed by atoms with Crippen molar-refractivity contribution in [3.63, 3.8) is 0 Å². The Morgan fingerprint density at radius 1 is 0.938 bits per heavy atom. The zero-order chi connectivity index (χ0) is 11.7. The smallest absolute Gasteiger partial charge is 0.182 e. The number of nitrogens with one attached hydrogen (secondary N) is 1. The van der Waals surface area contributed by atoms with Gasteiger partial charge in [0.2, 0.25) is 0 Å². The summed E-state index contributed by atoms with van der Waals surface area (Å²) in [5.41, 5.74) is 5.38. The number of aryl methyl sites for hydroxylation is 3. The predicted octanol–water partition coefficient (Wildman–Crippen LogP) is 2.97. The normalized spacial score (nSPS) is 10.4. The predicted molar refractivity (Wildman–Crippen MR) is 66.7 cm³/mol. The number of pyridine rings is 1. The van der Waals surface area contributed by atoms with Crippen molar-refractivity contribution in [1.82, 2.24) is 4.98 Å². The maximum Gasteiger partial charge on any atom is 0.182 e. The number of H-pyrrole nitrogens is 1. The van der Waals surface area contributed by atoms with E-state index >= 15 is 0 Å². The molecule has 1 aromatic heterocycles. The third-order valence-corrected chi connectivity index (χ3v) is 2.80. The van der Waals surface area contributed by atoms with Crippen molar-refractivity contribution in [1.29, 1.82) is 0 Å². The van der Waals surface area contributed by atoms with Crippen LogP contribution in [0, 0.1) is 20.8 Å². The average Bonchev–Trinajstić information content (AvgIpc) is 2.20. The lowest BCUT2D eigenvalue weighted by molar-refractivity contribution is 1.18. The Balaban J connectivity index is 2.58. The van der Waals surface area contributed by atoms with E-state index in [1.807, 2.05) is 13.0 Å². The standard InChI is InChI=1S/C14H15NO/c1-9-4-5-12(6-10(9)2)14-8-13(16)7-11(3)15-14/h4-8H,1-3H3,(H,15,16). The third-order valence-electron chi connectivity index (χ3n) is 2.80. The highest BCUT2D eigenvalue weighted by Gasteiger charge is 2.01. The van der Waals surface area contributed by atoms with Crippen molar-refractivity contribution >= 4 is 0 Å². The van der Waals surface area contributed by atoms with Gasteiger partial charge in [-0.2, -0.15) is 0 Å². The fourth-order valence-electron chi connectivity index (χ4n) is 1.75. The van der Waals surface area contributed by atoms with E-state index in [9.17, 15) is 4.79 Å². The maximum atomic E-state index is 11.4. The second-order valence-electron chi connectivity index (χ2n) is 4.21. The zero-order valence-corrected chi connectivity index (χ0v) is 9.79. The van der Waals surface area contributed by atoms with Crippen molar-refractivity contribution in [3.05, 3.63) is 57.4 Å². The van der Waals surface area contributed by atoms with Crippen LogP contribution in [0.15, 0.2) is 35.1 Å². The lowest BCUT2D eigenvalue weighted by Gasteiger charge is -2.06. The van der Waals surface area contributed by atoms with Crippen LogP contribution in [0.3, 0.4) is 0 Å². The molecule has 1 heterocycles. The Kier molecular flexibility index (Phi) is 2.65. The number of hydrogen-bond donors (Lipinski definition) is 1. The molecule has 2 rings (SSSR count). The monoisotopic (exact) mass is 213 g/mol. The summed E-state index contributed by atoms with van der Waals surface area (Å²) in [4.78, 5) is 14.6. The van der Waals surface area contributed by atoms with Crippen LogP contribution in [0.4, 0.5) is 0 Å². The van der Waals surface area contributed by atoms with E-state index in [0.29, 0.717) is 0 Å². The molecular formula is C14H15NO. The fourth-order valence-corrected chi connectivity index (χ4v) is 1.75. The van der Waals surface area contributed by atoms with Gasteiger partial charge in [0.1, 0.15) is 0 Å². The van der Waals surface area contributed by atoms with Gasteiger partial charge in [-0.05, 0) is 43.5 Å². The Labute approximate surface area is 95.0 Å². The molecule has 0 atom stereocenters. The number of hydrogen-bond acceptors (Lipinski definition) is 1. The lowest BCUT2D eigenvalue weighted by Crippen LogP contribution is -2.01. The lowest BCUT2D eigenvalue weighted by atomic mass is 10.0. The molecule has 2 heteroatoms. The maximum absolute atomic E-state index is 11.4. The highest BCUT2D eigenvalue weighted by atomic mass is 16.1. The summed E-state index contributed by atoms with van der Waals surface area (Å²) in [6.07, 6.45) is 0. The largest absolute Gasteiger partial charge is 0.358 e. The van der Waals surface area contributed by atoms with Crippen LogP contribution < -0.4 is 5.43 Å². The summed E-state index contributed by atoms with van der Waals surface area (Å²) in [7, 11) is 0. The van der Waals surface area contributed by atoms with Gasteiger partial charge in [-0.3, -0.25) is 4.79 Å². The van der Waals surface area contributed by atoms with Gasteiger partial charge in [0.15, 0.2) is 5.43 Å². The molecule has 0 amide bonds. The van der Waals surface area contributed by atoms with Gasteiger partial charge < -0.3 is 4.98 Å². The molecule has 2 nitrogen and oxygen atoms in total. The van der Waals surface area contributed by atoms with E-state index in [1.165, 1.54) is 11.1 Å². The Morgan fingerprint density at radius 3 is 2.31 bits per heavy atom. The minimum absolute atomic E-state index is 0.0458. The van der Waals surface area contributed by atoms with Crippen molar-refractivity contribution in [2.75, 3.05) is 0 Å². The van der Waals surface area contributed by atoms with E-state index in [1.54, 1.807) is 12.1 Å². The number of aromatic nitrogens is 1. The van der Waals surface area contributed by atoms with Gasteiger partial charge >= 0.3 is 0 Å². The topological polar surface area (TPSA) is 32.9 Å². The molecule has 0 radical (unpaired) electrons. The van der Waals surface area contributed by atoms with Gasteiger partial charge in [-0.1, -0.05) is 12.1 Å². The second kappa shape index (κ2) is 3.97. The van der Waals surface area contributed by atoms with Gasteiger partial charge in [-0.15, -0.1) is 0 Å². The minimum Gasteiger partial charge on any atom is -0.358 e. The fraction of sp³-hybridized carbons (Fsp3) is 0.214. The summed E-state index contributed by atoms with van der Waals surface area (Å²) in [6.45, 7) is 6.05. The number of aromatic amines is 1. The van der Waals surface area contributed by atoms with E-state index in [4.69, 9.17) is 0 Å². The molecule has 1 aromatic carbocycles. The van der Waals surface area contributed by atoms with Crippen LogP contribution in [0.25, 0.3) is 11.3 Å². The molecular weight excluding hydrogens is 198 g/mol. The molecule has 1 N–H and O–H groups in total. The van der Waals surface area contributed by atoms with Crippen LogP contribution >= 0.6 is 0 Å². The Morgan fingerprint density at radius 2 is 1.69 bits per heavy atom. The highest BCUT2D eigenvalue weighted by molar-refractivity contribution is 5.60. The van der Waals surface area contributed by atoms with E-state index in [-0.39, 0.29) is 5.43 Å². The van der Waals surface area contributed by atoms with Crippen molar-refractivity contribution in [2.24, 2.45) is 0 Å². The molecule has 82 valence electrons. The molecule has 0 saturated carbocycles. The third kappa shape index (κ3) is 2.06. The van der Waals surface area contributed by atoms with Crippen LogP contribution in [0.2, 0.25) is 0 Å². The first-order valence-corrected chi connectivity index (χ1v) is 5.35. The SMILES string of the molecule is Cc1cc(=O)cc(-c2ccc(C)c(C)c2)[nH]1. The molecule has 2 aromatic rings. The van der Waals surface area contributed by atoms with Gasteiger partial charge in [0.25, 0.3) is 0 Å². The Bertz CT molecular complexity index is 582. The molecule has 16 heavy (non-hydrogen) atoms. The molecule has 0 aliphatic carbocycles. The van der Waals surface area contributed by atoms with E-state index in [0.717, 1.165) is 17.0 Å². The molecule has 0 unspecified atom stereocenters. The van der Waals surface area contributed by atoms with Gasteiger partial charge in [0.05, 0.1) is 0 Å². The molecule has 0 spiro atoms. The van der Waals surface area contributed by atoms with Crippen LogP contribution in [0.1, 0.15) is 16.8 Å². The summed E-state index contributed by atoms with van der Waals surface area (Å²) in [5.74, 6) is 0. The van der Waals surface area contributed by atoms with Gasteiger partial charge in [-0.25, -0.2) is 0 Å². The molecule has 0 aliphatic rings. The summed E-state index contributed by atoms with van der Waals surface area (Å²) < 4.78 is 0. The second-order valence-corrected chi connectivity index (χ2v) is 4.21. The molecule has 0 saturated heterocycles. The van der Waals surface area contributed by atoms with E-state index < -0.39 is 0 Å². The molecule has 0 fully saturated rings. The van der Waals surface area contributed by atoms with Crippen molar-refractivity contribution in [2.45, 2.75) is 20.8 Å². The number of rotatable bonds is 1. The average molecular weight is 213 g/mol. The van der Waals surface area contributed by atoms with Crippen molar-refractivity contribution < 1.29 is 0 Å². The minimum atomic E-state index is 0.0458. The van der Waals surface area contributed by atoms with E-state index in [2.05, 4.69) is 31.0 Å². The first-order valence-electron chi connectivity index (χ1n) is 5.35. The highest BCUT2D eigenvalue weighted by Crippen LogP contribution is 2.19.